The van der Waals surface area contributed by atoms with E-state index in [9.17, 15) is 9.18 Å². The largest absolute Gasteiger partial charge is 0.478 e. The van der Waals surface area contributed by atoms with E-state index in [0.717, 1.165) is 16.1 Å². The predicted molar refractivity (Wildman–Crippen MR) is 79.2 cm³/mol. The third-order valence-electron chi connectivity index (χ3n) is 2.83. The number of hydrogen-bond donors (Lipinski definition) is 3. The average molecular weight is 339 g/mol. The second-order valence-electron chi connectivity index (χ2n) is 4.13. The summed E-state index contributed by atoms with van der Waals surface area (Å²) >= 11 is 3.40. The molecule has 0 spiro atoms. The molecule has 104 valence electrons. The zero-order chi connectivity index (χ0) is 14.7. The van der Waals surface area contributed by atoms with Crippen LogP contribution in [0.5, 0.6) is 0 Å². The zero-order valence-corrected chi connectivity index (χ0v) is 11.9. The molecule has 0 aromatic heterocycles. The van der Waals surface area contributed by atoms with Gasteiger partial charge in [0, 0.05) is 11.0 Å². The highest BCUT2D eigenvalue weighted by Crippen LogP contribution is 2.26. The topological polar surface area (TPSA) is 75.3 Å². The Kier molecular flexibility index (Phi) is 4.24. The molecule has 0 unspecified atom stereocenters. The molecule has 0 aliphatic heterocycles. The van der Waals surface area contributed by atoms with Crippen molar-refractivity contribution in [3.8, 4) is 0 Å². The van der Waals surface area contributed by atoms with Crippen LogP contribution >= 0.6 is 15.9 Å². The number of hydrogen-bond acceptors (Lipinski definition) is 3. The molecule has 4 nitrogen and oxygen atoms in total. The Labute approximate surface area is 123 Å². The summed E-state index contributed by atoms with van der Waals surface area (Å²) in [6.07, 6.45) is 0. The van der Waals surface area contributed by atoms with Crippen molar-refractivity contribution in [2.75, 3.05) is 11.1 Å². The minimum atomic E-state index is -1.27. The molecule has 0 fully saturated rings. The maximum atomic E-state index is 13.3. The van der Waals surface area contributed by atoms with Gasteiger partial charge in [-0.3, -0.25) is 0 Å². The number of carbonyl (C=O) groups is 1. The second kappa shape index (κ2) is 5.92. The minimum Gasteiger partial charge on any atom is -0.478 e. The number of nitrogens with one attached hydrogen (secondary N) is 1. The van der Waals surface area contributed by atoms with Crippen molar-refractivity contribution in [3.63, 3.8) is 0 Å². The van der Waals surface area contributed by atoms with Gasteiger partial charge < -0.3 is 16.2 Å². The smallest absolute Gasteiger partial charge is 0.340 e. The lowest BCUT2D eigenvalue weighted by molar-refractivity contribution is 0.0698. The molecule has 0 saturated carbocycles. The van der Waals surface area contributed by atoms with Crippen LogP contribution < -0.4 is 11.1 Å². The van der Waals surface area contributed by atoms with E-state index in [4.69, 9.17) is 10.8 Å². The van der Waals surface area contributed by atoms with Gasteiger partial charge in [-0.15, -0.1) is 0 Å². The van der Waals surface area contributed by atoms with Crippen LogP contribution in [0.15, 0.2) is 40.9 Å². The predicted octanol–water partition coefficient (Wildman–Crippen LogP) is 3.48. The van der Waals surface area contributed by atoms with E-state index in [0.29, 0.717) is 6.54 Å². The number of nitrogen functional groups attached to an aromatic ring is 1. The van der Waals surface area contributed by atoms with E-state index in [1.54, 1.807) is 0 Å². The SMILES string of the molecule is Nc1c(F)ccc(NCc2ccccc2Br)c1C(=O)O. The summed E-state index contributed by atoms with van der Waals surface area (Å²) < 4.78 is 14.2. The number of carboxylic acids is 1. The molecule has 2 aromatic carbocycles. The molecule has 0 aliphatic carbocycles. The summed E-state index contributed by atoms with van der Waals surface area (Å²) in [6.45, 7) is 0.396. The van der Waals surface area contributed by atoms with Gasteiger partial charge in [0.15, 0.2) is 0 Å². The first-order valence-corrected chi connectivity index (χ1v) is 6.58. The molecule has 0 radical (unpaired) electrons. The highest BCUT2D eigenvalue weighted by molar-refractivity contribution is 9.10. The number of nitrogens with two attached hydrogens (primary N) is 1. The van der Waals surface area contributed by atoms with E-state index in [2.05, 4.69) is 21.2 Å². The van der Waals surface area contributed by atoms with Crippen molar-refractivity contribution < 1.29 is 14.3 Å². The maximum Gasteiger partial charge on any atom is 0.340 e. The number of rotatable bonds is 4. The monoisotopic (exact) mass is 338 g/mol. The Morgan fingerprint density at radius 3 is 2.65 bits per heavy atom. The third kappa shape index (κ3) is 2.91. The van der Waals surface area contributed by atoms with Crippen LogP contribution in [0, 0.1) is 5.82 Å². The van der Waals surface area contributed by atoms with Gasteiger partial charge in [0.05, 0.1) is 11.4 Å². The summed E-state index contributed by atoms with van der Waals surface area (Å²) in [5, 5.41) is 12.1. The summed E-state index contributed by atoms with van der Waals surface area (Å²) in [6, 6.07) is 10.0. The average Bonchev–Trinajstić information content (AvgIpc) is 2.41. The van der Waals surface area contributed by atoms with Crippen molar-refractivity contribution in [1.82, 2.24) is 0 Å². The van der Waals surface area contributed by atoms with E-state index in [1.165, 1.54) is 6.07 Å². The summed E-state index contributed by atoms with van der Waals surface area (Å²) in [4.78, 5) is 11.2. The quantitative estimate of drug-likeness (QED) is 0.746. The van der Waals surface area contributed by atoms with Gasteiger partial charge in [-0.25, -0.2) is 9.18 Å². The maximum absolute atomic E-state index is 13.3. The van der Waals surface area contributed by atoms with Crippen LogP contribution in [0.3, 0.4) is 0 Å². The fourth-order valence-electron chi connectivity index (χ4n) is 1.80. The Balaban J connectivity index is 2.29. The molecular weight excluding hydrogens is 327 g/mol. The Morgan fingerprint density at radius 1 is 1.30 bits per heavy atom. The highest BCUT2D eigenvalue weighted by Gasteiger charge is 2.17. The fourth-order valence-corrected chi connectivity index (χ4v) is 2.23. The number of anilines is 2. The van der Waals surface area contributed by atoms with Crippen molar-refractivity contribution in [3.05, 3.63) is 57.8 Å². The van der Waals surface area contributed by atoms with Crippen molar-refractivity contribution >= 4 is 33.3 Å². The number of aromatic carboxylic acids is 1. The van der Waals surface area contributed by atoms with E-state index < -0.39 is 11.8 Å². The normalized spacial score (nSPS) is 10.3. The molecule has 0 bridgehead atoms. The first-order chi connectivity index (χ1) is 9.50. The lowest BCUT2D eigenvalue weighted by atomic mass is 10.1. The van der Waals surface area contributed by atoms with Gasteiger partial charge in [-0.05, 0) is 23.8 Å². The highest BCUT2D eigenvalue weighted by atomic mass is 79.9. The summed E-state index contributed by atoms with van der Waals surface area (Å²) in [5.74, 6) is -2.01. The first kappa shape index (κ1) is 14.3. The van der Waals surface area contributed by atoms with E-state index in [1.807, 2.05) is 24.3 Å². The van der Waals surface area contributed by atoms with Crippen molar-refractivity contribution in [2.24, 2.45) is 0 Å². The molecule has 4 N–H and O–H groups in total. The zero-order valence-electron chi connectivity index (χ0n) is 10.4. The lowest BCUT2D eigenvalue weighted by Gasteiger charge is -2.12. The molecule has 2 rings (SSSR count). The van der Waals surface area contributed by atoms with E-state index in [-0.39, 0.29) is 16.9 Å². The Hall–Kier alpha value is -2.08. The van der Waals surface area contributed by atoms with Gasteiger partial charge >= 0.3 is 5.97 Å². The van der Waals surface area contributed by atoms with Gasteiger partial charge in [0.1, 0.15) is 11.4 Å². The van der Waals surface area contributed by atoms with Crippen LogP contribution in [0.1, 0.15) is 15.9 Å². The van der Waals surface area contributed by atoms with Gasteiger partial charge in [-0.1, -0.05) is 34.1 Å². The molecule has 0 amide bonds. The molecule has 0 aliphatic rings. The summed E-state index contributed by atoms with van der Waals surface area (Å²) in [5.41, 5.74) is 6.09. The first-order valence-electron chi connectivity index (χ1n) is 5.79. The van der Waals surface area contributed by atoms with Crippen LogP contribution in [0.2, 0.25) is 0 Å². The van der Waals surface area contributed by atoms with Crippen LogP contribution in [0.25, 0.3) is 0 Å². The third-order valence-corrected chi connectivity index (χ3v) is 3.61. The number of halogens is 2. The molecule has 0 heterocycles. The van der Waals surface area contributed by atoms with E-state index >= 15 is 0 Å². The van der Waals surface area contributed by atoms with Crippen molar-refractivity contribution in [1.29, 1.82) is 0 Å². The van der Waals surface area contributed by atoms with Gasteiger partial charge in [0.25, 0.3) is 0 Å². The number of benzene rings is 2. The minimum absolute atomic E-state index is 0.253. The standard InChI is InChI=1S/C14H12BrFN2O2/c15-9-4-2-1-3-8(9)7-18-11-6-5-10(16)13(17)12(11)14(19)20/h1-6,18H,7,17H2,(H,19,20). The molecule has 6 heteroatoms. The van der Waals surface area contributed by atoms with Crippen LogP contribution in [-0.2, 0) is 6.54 Å². The Morgan fingerprint density at radius 2 is 2.00 bits per heavy atom. The second-order valence-corrected chi connectivity index (χ2v) is 4.99. The molecule has 0 atom stereocenters. The Bertz CT molecular complexity index is 662. The van der Waals surface area contributed by atoms with Gasteiger partial charge in [-0.2, -0.15) is 0 Å². The molecule has 0 saturated heterocycles. The molecule has 2 aromatic rings. The summed E-state index contributed by atoms with van der Waals surface area (Å²) in [7, 11) is 0. The van der Waals surface area contributed by atoms with Crippen LogP contribution in [0.4, 0.5) is 15.8 Å². The van der Waals surface area contributed by atoms with Crippen molar-refractivity contribution in [2.45, 2.75) is 6.54 Å². The van der Waals surface area contributed by atoms with Crippen LogP contribution in [-0.4, -0.2) is 11.1 Å². The molecule has 20 heavy (non-hydrogen) atoms. The number of carboxylic acid groups (broad SMARTS) is 1. The lowest BCUT2D eigenvalue weighted by Crippen LogP contribution is -2.11. The van der Waals surface area contributed by atoms with Gasteiger partial charge in [0.2, 0.25) is 0 Å². The molecular formula is C14H12BrFN2O2. The fraction of sp³-hybridized carbons (Fsp3) is 0.0714.